The van der Waals surface area contributed by atoms with Gasteiger partial charge in [-0.2, -0.15) is 0 Å². The van der Waals surface area contributed by atoms with E-state index in [1.54, 1.807) is 6.92 Å². The molecule has 16 nitrogen and oxygen atoms in total. The largest absolute Gasteiger partial charge is 0.394 e. The van der Waals surface area contributed by atoms with Gasteiger partial charge in [-0.3, -0.25) is 0 Å². The molecule has 2 saturated heterocycles. The van der Waals surface area contributed by atoms with Crippen LogP contribution in [0.3, 0.4) is 0 Å². The average molecular weight is 520 g/mol. The number of ether oxygens (including phenoxy) is 4. The molecule has 3 rings (SSSR count). The van der Waals surface area contributed by atoms with Crippen LogP contribution in [0.2, 0.25) is 0 Å². The van der Waals surface area contributed by atoms with Gasteiger partial charge < -0.3 is 34.3 Å². The molecule has 5 unspecified atom stereocenters. The van der Waals surface area contributed by atoms with Crippen molar-refractivity contribution in [2.24, 2.45) is 15.3 Å². The lowest BCUT2D eigenvalue weighted by Gasteiger charge is -2.49. The van der Waals surface area contributed by atoms with E-state index in [2.05, 4.69) is 30.1 Å². The first-order valence-corrected chi connectivity index (χ1v) is 11.6. The molecule has 0 spiro atoms. The number of fused-ring (bicyclic) bond motifs is 1. The highest BCUT2D eigenvalue weighted by molar-refractivity contribution is 5.17. The second-order valence-corrected chi connectivity index (χ2v) is 8.71. The Bertz CT molecular complexity index is 1030. The third-order valence-corrected chi connectivity index (χ3v) is 6.32. The van der Waals surface area contributed by atoms with Crippen molar-refractivity contribution < 1.29 is 34.3 Å². The van der Waals surface area contributed by atoms with Gasteiger partial charge in [-0.05, 0) is 36.9 Å². The Morgan fingerprint density at radius 3 is 2.30 bits per heavy atom. The van der Waals surface area contributed by atoms with E-state index in [4.69, 9.17) is 35.5 Å². The lowest BCUT2D eigenvalue weighted by atomic mass is 9.93. The van der Waals surface area contributed by atoms with Crippen LogP contribution in [-0.2, 0) is 18.9 Å². The Morgan fingerprint density at radius 1 is 1.00 bits per heavy atom. The van der Waals surface area contributed by atoms with Crippen LogP contribution in [0.4, 0.5) is 0 Å². The quantitative estimate of drug-likeness (QED) is 0.224. The summed E-state index contributed by atoms with van der Waals surface area (Å²) in [6, 6.07) is 5.82. The highest BCUT2D eigenvalue weighted by Gasteiger charge is 2.52. The SMILES string of the molecule is CC1OC(c2ccccc2)O[C@@H]2C1O[C@H](O[C@@H](C)C(C[C@@H](N=[N+]=[N-])[C@@H](O)CO)N=[N+]=[N-])C(N=[N+]=[N-])[C@H]2O. The van der Waals surface area contributed by atoms with Gasteiger partial charge >= 0.3 is 0 Å². The van der Waals surface area contributed by atoms with Gasteiger partial charge in [0, 0.05) is 20.3 Å². The van der Waals surface area contributed by atoms with Gasteiger partial charge in [0.15, 0.2) is 12.6 Å². The summed E-state index contributed by atoms with van der Waals surface area (Å²) in [5.41, 5.74) is 27.7. The van der Waals surface area contributed by atoms with E-state index in [9.17, 15) is 15.3 Å². The van der Waals surface area contributed by atoms with Gasteiger partial charge in [0.1, 0.15) is 18.2 Å². The molecule has 0 aliphatic carbocycles. The molecule has 1 aromatic carbocycles. The fraction of sp³-hybridized carbons (Fsp3) is 0.714. The maximum Gasteiger partial charge on any atom is 0.184 e. The highest BCUT2D eigenvalue weighted by atomic mass is 16.8. The normalized spacial score (nSPS) is 32.3. The summed E-state index contributed by atoms with van der Waals surface area (Å²) in [6.45, 7) is 2.61. The van der Waals surface area contributed by atoms with Crippen LogP contribution < -0.4 is 0 Å². The first-order valence-electron chi connectivity index (χ1n) is 11.6. The molecule has 0 saturated carbocycles. The van der Waals surface area contributed by atoms with Crippen LogP contribution in [0.15, 0.2) is 45.7 Å². The molecule has 0 radical (unpaired) electrons. The zero-order chi connectivity index (χ0) is 26.9. The first-order chi connectivity index (χ1) is 17.8. The van der Waals surface area contributed by atoms with E-state index < -0.39 is 73.9 Å². The van der Waals surface area contributed by atoms with Crippen molar-refractivity contribution in [3.05, 3.63) is 67.2 Å². The summed E-state index contributed by atoms with van der Waals surface area (Å²) in [4.78, 5) is 8.26. The summed E-state index contributed by atoms with van der Waals surface area (Å²) in [7, 11) is 0. The van der Waals surface area contributed by atoms with E-state index in [1.807, 2.05) is 30.3 Å². The fourth-order valence-electron chi connectivity index (χ4n) is 4.33. The lowest BCUT2D eigenvalue weighted by Crippen LogP contribution is -2.64. The van der Waals surface area contributed by atoms with Gasteiger partial charge in [0.2, 0.25) is 0 Å². The summed E-state index contributed by atoms with van der Waals surface area (Å²) in [6.07, 6.45) is -8.08. The van der Waals surface area contributed by atoms with Gasteiger partial charge in [-0.25, -0.2) is 0 Å². The molecule has 11 atom stereocenters. The van der Waals surface area contributed by atoms with E-state index in [-0.39, 0.29) is 6.42 Å². The van der Waals surface area contributed by atoms with Crippen molar-refractivity contribution in [2.45, 2.75) is 87.6 Å². The van der Waals surface area contributed by atoms with Crippen LogP contribution in [0.25, 0.3) is 31.3 Å². The summed E-state index contributed by atoms with van der Waals surface area (Å²) < 4.78 is 23.9. The molecular formula is C21H29N9O7. The minimum atomic E-state index is -1.39. The smallest absolute Gasteiger partial charge is 0.184 e. The fourth-order valence-corrected chi connectivity index (χ4v) is 4.33. The maximum absolute atomic E-state index is 11.1. The number of aliphatic hydroxyl groups is 3. The standard InChI is InChI=1S/C21H29N9O7/c1-10(13(25-28-22)8-14(26-29-23)15(32)9-31)34-21-16(27-30-24)17(33)19-18(36-21)11(2)35-20(37-19)12-6-4-3-5-7-12/h3-7,10-11,13-21,31-33H,8-9H2,1-2H3/t10-,11?,13?,14+,15-,16?,17+,18?,19-,20?,21-/m0/s1. The van der Waals surface area contributed by atoms with Crippen LogP contribution in [0.1, 0.15) is 32.1 Å². The number of azide groups is 3. The minimum absolute atomic E-state index is 0.161. The molecule has 2 aliphatic rings. The minimum Gasteiger partial charge on any atom is -0.394 e. The Hall–Kier alpha value is -3.13. The van der Waals surface area contributed by atoms with Crippen LogP contribution in [0, 0.1) is 0 Å². The Labute approximate surface area is 211 Å². The molecule has 2 aliphatic heterocycles. The summed E-state index contributed by atoms with van der Waals surface area (Å²) in [5.74, 6) is 0. The van der Waals surface area contributed by atoms with Crippen molar-refractivity contribution in [2.75, 3.05) is 6.61 Å². The van der Waals surface area contributed by atoms with Crippen LogP contribution in [-0.4, -0.2) is 83.0 Å². The van der Waals surface area contributed by atoms with Crippen LogP contribution >= 0.6 is 0 Å². The summed E-state index contributed by atoms with van der Waals surface area (Å²) in [5, 5.41) is 41.1. The van der Waals surface area contributed by atoms with Gasteiger partial charge in [0.05, 0.1) is 43.1 Å². The number of benzene rings is 1. The second kappa shape index (κ2) is 13.4. The molecule has 16 heteroatoms. The zero-order valence-electron chi connectivity index (χ0n) is 20.2. The zero-order valence-corrected chi connectivity index (χ0v) is 20.2. The average Bonchev–Trinajstić information content (AvgIpc) is 2.90. The highest BCUT2D eigenvalue weighted by Crippen LogP contribution is 2.38. The van der Waals surface area contributed by atoms with E-state index in [0.29, 0.717) is 0 Å². The third-order valence-electron chi connectivity index (χ3n) is 6.32. The first kappa shape index (κ1) is 28.4. The lowest BCUT2D eigenvalue weighted by molar-refractivity contribution is -0.364. The topological polar surface area (TPSA) is 244 Å². The molecule has 2 fully saturated rings. The van der Waals surface area contributed by atoms with Crippen molar-refractivity contribution >= 4 is 0 Å². The molecule has 0 amide bonds. The van der Waals surface area contributed by atoms with Crippen molar-refractivity contribution in [1.29, 1.82) is 0 Å². The van der Waals surface area contributed by atoms with Gasteiger partial charge in [-0.1, -0.05) is 45.7 Å². The third kappa shape index (κ3) is 6.80. The van der Waals surface area contributed by atoms with Gasteiger partial charge in [0.25, 0.3) is 0 Å². The Morgan fingerprint density at radius 2 is 1.68 bits per heavy atom. The van der Waals surface area contributed by atoms with Crippen molar-refractivity contribution in [3.8, 4) is 0 Å². The number of hydrogen-bond donors (Lipinski definition) is 3. The second-order valence-electron chi connectivity index (χ2n) is 8.71. The van der Waals surface area contributed by atoms with Crippen molar-refractivity contribution in [3.63, 3.8) is 0 Å². The number of rotatable bonds is 11. The Balaban J connectivity index is 1.79. The molecule has 0 aromatic heterocycles. The molecule has 0 bridgehead atoms. The van der Waals surface area contributed by atoms with E-state index in [0.717, 1.165) is 5.56 Å². The predicted octanol–water partition coefficient (Wildman–Crippen LogP) is 2.76. The number of nitrogens with zero attached hydrogens (tertiary/aromatic N) is 9. The molecule has 2 heterocycles. The van der Waals surface area contributed by atoms with Crippen LogP contribution in [0.5, 0.6) is 0 Å². The van der Waals surface area contributed by atoms with E-state index >= 15 is 0 Å². The number of hydrogen-bond acceptors (Lipinski definition) is 10. The molecule has 3 N–H and O–H groups in total. The maximum atomic E-state index is 11.1. The molecule has 200 valence electrons. The predicted molar refractivity (Wildman–Crippen MR) is 126 cm³/mol. The van der Waals surface area contributed by atoms with Gasteiger partial charge in [-0.15, -0.1) is 0 Å². The monoisotopic (exact) mass is 519 g/mol. The molecular weight excluding hydrogens is 490 g/mol. The Kier molecular flexibility index (Phi) is 10.3. The van der Waals surface area contributed by atoms with Crippen molar-refractivity contribution in [1.82, 2.24) is 0 Å². The van der Waals surface area contributed by atoms with E-state index in [1.165, 1.54) is 6.92 Å². The number of aliphatic hydroxyl groups excluding tert-OH is 3. The molecule has 37 heavy (non-hydrogen) atoms. The summed E-state index contributed by atoms with van der Waals surface area (Å²) >= 11 is 0. The molecule has 1 aromatic rings.